The van der Waals surface area contributed by atoms with Crippen molar-refractivity contribution in [1.82, 2.24) is 15.6 Å². The third-order valence-corrected chi connectivity index (χ3v) is 3.70. The fraction of sp³-hybridized carbons (Fsp3) is 0.625. The molecule has 1 atom stereocenters. The zero-order valence-corrected chi connectivity index (χ0v) is 13.5. The van der Waals surface area contributed by atoms with E-state index in [0.29, 0.717) is 6.54 Å². The van der Waals surface area contributed by atoms with Crippen molar-refractivity contribution in [3.8, 4) is 0 Å². The topological polar surface area (TPSA) is 66.5 Å². The maximum Gasteiger partial charge on any atom is 0.315 e. The number of hydrogen-bond donors (Lipinski definition) is 2. The van der Waals surface area contributed by atoms with Crippen molar-refractivity contribution in [3.05, 3.63) is 23.9 Å². The monoisotopic (exact) mass is 306 g/mol. The number of morpholine rings is 1. The molecule has 122 valence electrons. The van der Waals surface area contributed by atoms with Gasteiger partial charge in [0.2, 0.25) is 0 Å². The number of nitrogens with one attached hydrogen (secondary N) is 2. The Hall–Kier alpha value is -1.82. The van der Waals surface area contributed by atoms with Gasteiger partial charge in [-0.05, 0) is 25.0 Å². The number of hydrogen-bond acceptors (Lipinski definition) is 4. The maximum atomic E-state index is 11.8. The standard InChI is InChI=1S/C16H26N4O2/c1-3-4-13(2)19-16(21)18-12-14-5-6-15(17-11-14)20-7-9-22-10-8-20/h5-6,11,13H,3-4,7-10,12H2,1-2H3,(H2,18,19,21)/t13-/m0/s1. The third-order valence-electron chi connectivity index (χ3n) is 3.70. The van der Waals surface area contributed by atoms with Crippen molar-refractivity contribution in [2.45, 2.75) is 39.3 Å². The number of carbonyl (C=O) groups excluding carboxylic acids is 1. The van der Waals surface area contributed by atoms with Crippen LogP contribution in [0.4, 0.5) is 10.6 Å². The van der Waals surface area contributed by atoms with Crippen LogP contribution in [-0.4, -0.2) is 43.4 Å². The summed E-state index contributed by atoms with van der Waals surface area (Å²) in [5.41, 5.74) is 0.996. The lowest BCUT2D eigenvalue weighted by Gasteiger charge is -2.27. The fourth-order valence-corrected chi connectivity index (χ4v) is 2.46. The molecule has 2 amide bonds. The minimum Gasteiger partial charge on any atom is -0.378 e. The van der Waals surface area contributed by atoms with Crippen LogP contribution in [0.25, 0.3) is 0 Å². The van der Waals surface area contributed by atoms with Gasteiger partial charge in [-0.2, -0.15) is 0 Å². The van der Waals surface area contributed by atoms with Gasteiger partial charge in [0.25, 0.3) is 0 Å². The molecule has 0 saturated carbocycles. The number of rotatable bonds is 6. The van der Waals surface area contributed by atoms with E-state index in [9.17, 15) is 4.79 Å². The van der Waals surface area contributed by atoms with Crippen LogP contribution >= 0.6 is 0 Å². The first-order valence-corrected chi connectivity index (χ1v) is 8.01. The summed E-state index contributed by atoms with van der Waals surface area (Å²) in [6.07, 6.45) is 3.87. The molecule has 0 unspecified atom stereocenters. The lowest BCUT2D eigenvalue weighted by atomic mass is 10.2. The average Bonchev–Trinajstić information content (AvgIpc) is 2.54. The summed E-state index contributed by atoms with van der Waals surface area (Å²) in [5, 5.41) is 5.79. The highest BCUT2D eigenvalue weighted by atomic mass is 16.5. The van der Waals surface area contributed by atoms with E-state index in [-0.39, 0.29) is 12.1 Å². The van der Waals surface area contributed by atoms with E-state index in [4.69, 9.17) is 4.74 Å². The van der Waals surface area contributed by atoms with E-state index in [1.807, 2.05) is 25.3 Å². The first-order valence-electron chi connectivity index (χ1n) is 8.01. The van der Waals surface area contributed by atoms with Gasteiger partial charge >= 0.3 is 6.03 Å². The van der Waals surface area contributed by atoms with Crippen molar-refractivity contribution in [3.63, 3.8) is 0 Å². The molecule has 1 saturated heterocycles. The number of anilines is 1. The molecule has 0 aliphatic carbocycles. The molecule has 1 aromatic heterocycles. The third kappa shape index (κ3) is 5.18. The summed E-state index contributed by atoms with van der Waals surface area (Å²) < 4.78 is 5.33. The second-order valence-electron chi connectivity index (χ2n) is 5.64. The Morgan fingerprint density at radius 1 is 1.41 bits per heavy atom. The van der Waals surface area contributed by atoms with Crippen molar-refractivity contribution in [2.75, 3.05) is 31.2 Å². The number of amides is 2. The molecule has 0 bridgehead atoms. The summed E-state index contributed by atoms with van der Waals surface area (Å²) in [5.74, 6) is 0.966. The van der Waals surface area contributed by atoms with Gasteiger partial charge in [0.1, 0.15) is 5.82 Å². The zero-order chi connectivity index (χ0) is 15.8. The molecule has 0 aromatic carbocycles. The van der Waals surface area contributed by atoms with Crippen molar-refractivity contribution in [1.29, 1.82) is 0 Å². The SMILES string of the molecule is CCC[C@H](C)NC(=O)NCc1ccc(N2CCOCC2)nc1. The van der Waals surface area contributed by atoms with Gasteiger partial charge < -0.3 is 20.3 Å². The molecular weight excluding hydrogens is 280 g/mol. The molecule has 1 aromatic rings. The van der Waals surface area contributed by atoms with Crippen LogP contribution in [0.3, 0.4) is 0 Å². The molecule has 1 aliphatic heterocycles. The normalized spacial score (nSPS) is 16.2. The highest BCUT2D eigenvalue weighted by molar-refractivity contribution is 5.74. The molecule has 6 heteroatoms. The van der Waals surface area contributed by atoms with Crippen molar-refractivity contribution < 1.29 is 9.53 Å². The molecule has 6 nitrogen and oxygen atoms in total. The molecule has 0 spiro atoms. The summed E-state index contributed by atoms with van der Waals surface area (Å²) in [6.45, 7) is 7.87. The van der Waals surface area contributed by atoms with Gasteiger partial charge in [-0.25, -0.2) is 9.78 Å². The first kappa shape index (κ1) is 16.5. The predicted octanol–water partition coefficient (Wildman–Crippen LogP) is 1.91. The molecule has 22 heavy (non-hydrogen) atoms. The molecule has 2 N–H and O–H groups in total. The fourth-order valence-electron chi connectivity index (χ4n) is 2.46. The van der Waals surface area contributed by atoms with Gasteiger partial charge in [0, 0.05) is 31.9 Å². The number of urea groups is 1. The molecule has 2 rings (SSSR count). The summed E-state index contributed by atoms with van der Waals surface area (Å²) in [7, 11) is 0. The summed E-state index contributed by atoms with van der Waals surface area (Å²) in [6, 6.07) is 4.08. The predicted molar refractivity (Wildman–Crippen MR) is 87.0 cm³/mol. The van der Waals surface area contributed by atoms with Gasteiger partial charge in [-0.3, -0.25) is 0 Å². The second kappa shape index (κ2) is 8.58. The average molecular weight is 306 g/mol. The van der Waals surface area contributed by atoms with Crippen LogP contribution in [0.2, 0.25) is 0 Å². The molecule has 1 aliphatic rings. The highest BCUT2D eigenvalue weighted by Gasteiger charge is 2.12. The van der Waals surface area contributed by atoms with Crippen LogP contribution in [0.1, 0.15) is 32.3 Å². The molecular formula is C16H26N4O2. The van der Waals surface area contributed by atoms with Gasteiger partial charge in [0.15, 0.2) is 0 Å². The Bertz CT molecular complexity index is 458. The smallest absolute Gasteiger partial charge is 0.315 e. The Labute approximate surface area is 132 Å². The van der Waals surface area contributed by atoms with Crippen LogP contribution in [0, 0.1) is 0 Å². The molecule has 0 radical (unpaired) electrons. The van der Waals surface area contributed by atoms with Crippen LogP contribution in [-0.2, 0) is 11.3 Å². The minimum absolute atomic E-state index is 0.127. The largest absolute Gasteiger partial charge is 0.378 e. The zero-order valence-electron chi connectivity index (χ0n) is 13.5. The van der Waals surface area contributed by atoms with E-state index in [1.54, 1.807) is 0 Å². The van der Waals surface area contributed by atoms with Crippen LogP contribution in [0.5, 0.6) is 0 Å². The number of ether oxygens (including phenoxy) is 1. The Balaban J connectivity index is 1.77. The van der Waals surface area contributed by atoms with Crippen LogP contribution in [0.15, 0.2) is 18.3 Å². The lowest BCUT2D eigenvalue weighted by molar-refractivity contribution is 0.122. The number of pyridine rings is 1. The number of aromatic nitrogens is 1. The Morgan fingerprint density at radius 3 is 2.82 bits per heavy atom. The maximum absolute atomic E-state index is 11.8. The summed E-state index contributed by atoms with van der Waals surface area (Å²) >= 11 is 0. The van der Waals surface area contributed by atoms with E-state index in [0.717, 1.165) is 50.5 Å². The quantitative estimate of drug-likeness (QED) is 0.842. The molecule has 1 fully saturated rings. The lowest BCUT2D eigenvalue weighted by Crippen LogP contribution is -2.40. The number of nitrogens with zero attached hydrogens (tertiary/aromatic N) is 2. The van der Waals surface area contributed by atoms with Crippen LogP contribution < -0.4 is 15.5 Å². The Morgan fingerprint density at radius 2 is 2.18 bits per heavy atom. The summed E-state index contributed by atoms with van der Waals surface area (Å²) in [4.78, 5) is 18.4. The minimum atomic E-state index is -0.127. The van der Waals surface area contributed by atoms with Gasteiger partial charge in [-0.1, -0.05) is 19.4 Å². The van der Waals surface area contributed by atoms with Crippen molar-refractivity contribution >= 4 is 11.8 Å². The molecule has 2 heterocycles. The second-order valence-corrected chi connectivity index (χ2v) is 5.64. The van der Waals surface area contributed by atoms with E-state index < -0.39 is 0 Å². The van der Waals surface area contributed by atoms with E-state index in [1.165, 1.54) is 0 Å². The highest BCUT2D eigenvalue weighted by Crippen LogP contribution is 2.12. The van der Waals surface area contributed by atoms with Gasteiger partial charge in [0.05, 0.1) is 13.2 Å². The first-order chi connectivity index (χ1) is 10.7. The van der Waals surface area contributed by atoms with E-state index >= 15 is 0 Å². The number of carbonyl (C=O) groups is 1. The Kier molecular flexibility index (Phi) is 6.45. The van der Waals surface area contributed by atoms with E-state index in [2.05, 4.69) is 27.4 Å². The van der Waals surface area contributed by atoms with Gasteiger partial charge in [-0.15, -0.1) is 0 Å². The van der Waals surface area contributed by atoms with Crippen molar-refractivity contribution in [2.24, 2.45) is 0 Å².